The Hall–Kier alpha value is -1.23. The number of nitrogens with two attached hydrogens (primary N) is 1. The molecule has 0 amide bonds. The van der Waals surface area contributed by atoms with Gasteiger partial charge in [0.15, 0.2) is 0 Å². The highest BCUT2D eigenvalue weighted by Crippen LogP contribution is 2.25. The summed E-state index contributed by atoms with van der Waals surface area (Å²) in [4.78, 5) is 8.00. The largest absolute Gasteiger partial charge is 0.383 e. The molecule has 0 fully saturated rings. The van der Waals surface area contributed by atoms with Gasteiger partial charge in [0.25, 0.3) is 0 Å². The minimum Gasteiger partial charge on any atom is -0.383 e. The fraction of sp³-hybridized carbons (Fsp3) is 0.111. The maximum Gasteiger partial charge on any atom is 0.138 e. The molecule has 0 atom stereocenters. The number of aryl methyl sites for hydroxylation is 1. The maximum absolute atomic E-state index is 13.4. The van der Waals surface area contributed by atoms with Crippen LogP contribution in [-0.2, 0) is 0 Å². The summed E-state index contributed by atoms with van der Waals surface area (Å²) >= 11 is 3.19. The molecular formula is C9H7BrFN3. The molecule has 2 rings (SSSR count). The van der Waals surface area contributed by atoms with Gasteiger partial charge in [0.05, 0.1) is 10.9 Å². The van der Waals surface area contributed by atoms with Gasteiger partial charge in [-0.3, -0.25) is 0 Å². The molecule has 1 heterocycles. The lowest BCUT2D eigenvalue weighted by Crippen LogP contribution is -1.99. The lowest BCUT2D eigenvalue weighted by molar-refractivity contribution is 0.638. The number of hydrogen-bond acceptors (Lipinski definition) is 3. The summed E-state index contributed by atoms with van der Waals surface area (Å²) in [6, 6.07) is 3.06. The molecule has 0 unspecified atom stereocenters. The Labute approximate surface area is 88.3 Å². The highest BCUT2D eigenvalue weighted by molar-refractivity contribution is 9.10. The molecular weight excluding hydrogens is 249 g/mol. The van der Waals surface area contributed by atoms with Crippen molar-refractivity contribution >= 4 is 32.7 Å². The maximum atomic E-state index is 13.4. The number of nitrogen functional groups attached to an aromatic ring is 1. The van der Waals surface area contributed by atoms with E-state index in [0.29, 0.717) is 15.8 Å². The van der Waals surface area contributed by atoms with Gasteiger partial charge in [-0.15, -0.1) is 0 Å². The van der Waals surface area contributed by atoms with Crippen LogP contribution in [0.3, 0.4) is 0 Å². The second-order valence-corrected chi connectivity index (χ2v) is 3.85. The zero-order chi connectivity index (χ0) is 10.3. The third-order valence-electron chi connectivity index (χ3n) is 1.85. The molecule has 0 spiro atoms. The first-order valence-corrected chi connectivity index (χ1v) is 4.76. The van der Waals surface area contributed by atoms with Crippen molar-refractivity contribution in [2.75, 3.05) is 5.73 Å². The van der Waals surface area contributed by atoms with E-state index in [4.69, 9.17) is 5.73 Å². The van der Waals surface area contributed by atoms with Crippen LogP contribution in [0.4, 0.5) is 10.2 Å². The monoisotopic (exact) mass is 255 g/mol. The molecule has 1 aromatic heterocycles. The molecule has 0 aliphatic carbocycles. The topological polar surface area (TPSA) is 51.8 Å². The van der Waals surface area contributed by atoms with E-state index in [9.17, 15) is 4.39 Å². The van der Waals surface area contributed by atoms with Crippen molar-refractivity contribution in [1.29, 1.82) is 0 Å². The standard InChI is InChI=1S/C9H7BrFN3/c1-4-13-7-3-5(10)2-6(11)8(7)9(12)14-4/h2-3H,1H3,(H2,12,13,14). The van der Waals surface area contributed by atoms with Crippen LogP contribution in [-0.4, -0.2) is 9.97 Å². The lowest BCUT2D eigenvalue weighted by atomic mass is 10.2. The molecule has 0 saturated heterocycles. The number of halogens is 2. The van der Waals surface area contributed by atoms with Gasteiger partial charge in [-0.1, -0.05) is 15.9 Å². The Bertz CT molecular complexity index is 470. The highest BCUT2D eigenvalue weighted by Gasteiger charge is 2.09. The van der Waals surface area contributed by atoms with Crippen LogP contribution in [0.5, 0.6) is 0 Å². The summed E-state index contributed by atoms with van der Waals surface area (Å²) in [6.45, 7) is 1.72. The van der Waals surface area contributed by atoms with Gasteiger partial charge in [-0.05, 0) is 19.1 Å². The van der Waals surface area contributed by atoms with Gasteiger partial charge in [-0.2, -0.15) is 0 Å². The number of fused-ring (bicyclic) bond motifs is 1. The van der Waals surface area contributed by atoms with Crippen molar-refractivity contribution in [3.8, 4) is 0 Å². The molecule has 0 aliphatic heterocycles. The van der Waals surface area contributed by atoms with E-state index in [1.165, 1.54) is 6.07 Å². The van der Waals surface area contributed by atoms with E-state index in [-0.39, 0.29) is 11.2 Å². The fourth-order valence-corrected chi connectivity index (χ4v) is 1.75. The average Bonchev–Trinajstić information content (AvgIpc) is 1.99. The zero-order valence-corrected chi connectivity index (χ0v) is 8.97. The smallest absolute Gasteiger partial charge is 0.138 e. The molecule has 0 radical (unpaired) electrons. The predicted molar refractivity (Wildman–Crippen MR) is 56.3 cm³/mol. The van der Waals surface area contributed by atoms with Crippen LogP contribution in [0.2, 0.25) is 0 Å². The summed E-state index contributed by atoms with van der Waals surface area (Å²) in [5.41, 5.74) is 6.12. The third-order valence-corrected chi connectivity index (χ3v) is 2.31. The third kappa shape index (κ3) is 1.43. The van der Waals surface area contributed by atoms with Crippen molar-refractivity contribution in [3.63, 3.8) is 0 Å². The summed E-state index contributed by atoms with van der Waals surface area (Å²) in [5.74, 6) is 0.303. The summed E-state index contributed by atoms with van der Waals surface area (Å²) in [7, 11) is 0. The van der Waals surface area contributed by atoms with E-state index in [1.807, 2.05) is 0 Å². The minimum atomic E-state index is -0.410. The van der Waals surface area contributed by atoms with Gasteiger partial charge < -0.3 is 5.73 Å². The molecule has 0 aliphatic rings. The number of hydrogen-bond donors (Lipinski definition) is 1. The minimum absolute atomic E-state index is 0.178. The molecule has 0 saturated carbocycles. The van der Waals surface area contributed by atoms with E-state index >= 15 is 0 Å². The van der Waals surface area contributed by atoms with Crippen molar-refractivity contribution < 1.29 is 4.39 Å². The van der Waals surface area contributed by atoms with E-state index < -0.39 is 5.82 Å². The van der Waals surface area contributed by atoms with Gasteiger partial charge >= 0.3 is 0 Å². The number of benzene rings is 1. The van der Waals surface area contributed by atoms with Crippen LogP contribution >= 0.6 is 15.9 Å². The number of rotatable bonds is 0. The van der Waals surface area contributed by atoms with Gasteiger partial charge in [-0.25, -0.2) is 14.4 Å². The van der Waals surface area contributed by atoms with Gasteiger partial charge in [0, 0.05) is 4.47 Å². The number of aromatic nitrogens is 2. The number of anilines is 1. The van der Waals surface area contributed by atoms with E-state index in [1.54, 1.807) is 13.0 Å². The Morgan fingerprint density at radius 2 is 2.07 bits per heavy atom. The molecule has 14 heavy (non-hydrogen) atoms. The quantitative estimate of drug-likeness (QED) is 0.787. The molecule has 5 heteroatoms. The van der Waals surface area contributed by atoms with Crippen LogP contribution in [0.25, 0.3) is 10.9 Å². The molecule has 0 bridgehead atoms. The highest BCUT2D eigenvalue weighted by atomic mass is 79.9. The first-order chi connectivity index (χ1) is 6.58. The van der Waals surface area contributed by atoms with Crippen LogP contribution in [0.15, 0.2) is 16.6 Å². The summed E-state index contributed by atoms with van der Waals surface area (Å²) < 4.78 is 14.1. The molecule has 2 aromatic rings. The fourth-order valence-electron chi connectivity index (χ4n) is 1.33. The Morgan fingerprint density at radius 1 is 1.36 bits per heavy atom. The van der Waals surface area contributed by atoms with Gasteiger partial charge in [0.2, 0.25) is 0 Å². The number of nitrogens with zero attached hydrogens (tertiary/aromatic N) is 2. The van der Waals surface area contributed by atoms with Crippen molar-refractivity contribution in [3.05, 3.63) is 28.2 Å². The Kier molecular flexibility index (Phi) is 2.11. The second-order valence-electron chi connectivity index (χ2n) is 2.94. The predicted octanol–water partition coefficient (Wildman–Crippen LogP) is 2.42. The first kappa shape index (κ1) is 9.33. The SMILES string of the molecule is Cc1nc(N)c2c(F)cc(Br)cc2n1. The van der Waals surface area contributed by atoms with Crippen molar-refractivity contribution in [2.24, 2.45) is 0 Å². The molecule has 2 N–H and O–H groups in total. The average molecular weight is 256 g/mol. The molecule has 3 nitrogen and oxygen atoms in total. The van der Waals surface area contributed by atoms with Crippen LogP contribution < -0.4 is 5.73 Å². The zero-order valence-electron chi connectivity index (χ0n) is 7.38. The van der Waals surface area contributed by atoms with E-state index in [0.717, 1.165) is 0 Å². The van der Waals surface area contributed by atoms with Crippen molar-refractivity contribution in [2.45, 2.75) is 6.92 Å². The van der Waals surface area contributed by atoms with Crippen LogP contribution in [0, 0.1) is 12.7 Å². The Balaban J connectivity index is 2.94. The summed E-state index contributed by atoms with van der Waals surface area (Å²) in [5, 5.41) is 0.277. The van der Waals surface area contributed by atoms with Crippen molar-refractivity contribution in [1.82, 2.24) is 9.97 Å². The van der Waals surface area contributed by atoms with Crippen LogP contribution in [0.1, 0.15) is 5.82 Å². The normalized spacial score (nSPS) is 10.8. The van der Waals surface area contributed by atoms with E-state index in [2.05, 4.69) is 25.9 Å². The second kappa shape index (κ2) is 3.16. The molecule has 1 aromatic carbocycles. The van der Waals surface area contributed by atoms with Gasteiger partial charge in [0.1, 0.15) is 17.5 Å². The Morgan fingerprint density at radius 3 is 2.79 bits per heavy atom. The molecule has 72 valence electrons. The first-order valence-electron chi connectivity index (χ1n) is 3.97. The lowest BCUT2D eigenvalue weighted by Gasteiger charge is -2.03. The summed E-state index contributed by atoms with van der Waals surface area (Å²) in [6.07, 6.45) is 0.